The minimum atomic E-state index is -0.286. The molecule has 4 aromatic rings. The van der Waals surface area contributed by atoms with E-state index in [-0.39, 0.29) is 11.7 Å². The lowest BCUT2D eigenvalue weighted by atomic mass is 9.95. The van der Waals surface area contributed by atoms with E-state index in [9.17, 15) is 9.18 Å². The summed E-state index contributed by atoms with van der Waals surface area (Å²) in [5.41, 5.74) is 4.22. The van der Waals surface area contributed by atoms with Gasteiger partial charge in [-0.1, -0.05) is 0 Å². The highest BCUT2D eigenvalue weighted by Crippen LogP contribution is 2.29. The van der Waals surface area contributed by atoms with Crippen molar-refractivity contribution in [2.24, 2.45) is 7.05 Å². The average Bonchev–Trinajstić information content (AvgIpc) is 3.45. The van der Waals surface area contributed by atoms with Crippen molar-refractivity contribution in [3.8, 4) is 5.69 Å². The predicted octanol–water partition coefficient (Wildman–Crippen LogP) is 2.53. The van der Waals surface area contributed by atoms with E-state index < -0.39 is 0 Å². The number of hydrogen-bond donors (Lipinski definition) is 0. The van der Waals surface area contributed by atoms with Crippen LogP contribution in [0.5, 0.6) is 0 Å². The van der Waals surface area contributed by atoms with E-state index in [1.807, 2.05) is 16.6 Å². The van der Waals surface area contributed by atoms with Crippen molar-refractivity contribution in [1.29, 1.82) is 0 Å². The number of fused-ring (bicyclic) bond motifs is 2. The van der Waals surface area contributed by atoms with Gasteiger partial charge in [0.05, 0.1) is 17.3 Å². The molecule has 1 fully saturated rings. The molecule has 0 unspecified atom stereocenters. The molecule has 3 aromatic heterocycles. The summed E-state index contributed by atoms with van der Waals surface area (Å²) in [6, 6.07) is 6.29. The molecule has 6 rings (SSSR count). The number of piperazine rings is 1. The van der Waals surface area contributed by atoms with Crippen LogP contribution in [0.15, 0.2) is 36.8 Å². The zero-order valence-corrected chi connectivity index (χ0v) is 19.0. The number of rotatable bonds is 3. The van der Waals surface area contributed by atoms with Gasteiger partial charge in [-0.05, 0) is 49.9 Å². The Morgan fingerprint density at radius 1 is 1.00 bits per heavy atom. The molecule has 1 aliphatic carbocycles. The van der Waals surface area contributed by atoms with Crippen molar-refractivity contribution >= 4 is 22.8 Å². The highest BCUT2D eigenvalue weighted by molar-refractivity contribution is 5.94. The number of carbonyl (C=O) groups is 1. The Morgan fingerprint density at radius 2 is 1.76 bits per heavy atom. The van der Waals surface area contributed by atoms with Crippen LogP contribution in [0.3, 0.4) is 0 Å². The first-order valence-electron chi connectivity index (χ1n) is 11.6. The van der Waals surface area contributed by atoms with Crippen molar-refractivity contribution in [3.63, 3.8) is 0 Å². The summed E-state index contributed by atoms with van der Waals surface area (Å²) in [4.78, 5) is 26.4. The van der Waals surface area contributed by atoms with E-state index in [1.165, 1.54) is 12.1 Å². The third kappa shape index (κ3) is 3.41. The number of aryl methyl sites for hydroxylation is 1. The largest absolute Gasteiger partial charge is 0.352 e. The summed E-state index contributed by atoms with van der Waals surface area (Å²) >= 11 is 0. The van der Waals surface area contributed by atoms with Gasteiger partial charge >= 0.3 is 0 Å². The Kier molecular flexibility index (Phi) is 5.00. The monoisotopic (exact) mass is 460 g/mol. The molecule has 10 heteroatoms. The van der Waals surface area contributed by atoms with Gasteiger partial charge < -0.3 is 9.80 Å². The molecule has 2 aliphatic rings. The number of benzene rings is 1. The predicted molar refractivity (Wildman–Crippen MR) is 125 cm³/mol. The highest BCUT2D eigenvalue weighted by Gasteiger charge is 2.31. The second-order valence-corrected chi connectivity index (χ2v) is 8.85. The first-order chi connectivity index (χ1) is 16.6. The molecule has 9 nitrogen and oxygen atoms in total. The summed E-state index contributed by atoms with van der Waals surface area (Å²) in [5.74, 6) is 0.530. The van der Waals surface area contributed by atoms with Crippen molar-refractivity contribution < 1.29 is 9.18 Å². The summed E-state index contributed by atoms with van der Waals surface area (Å²) < 4.78 is 17.0. The molecule has 0 radical (unpaired) electrons. The molecule has 1 aromatic carbocycles. The maximum absolute atomic E-state index is 13.6. The SMILES string of the molecule is Cn1ncc2c(N3CCN(C(=O)c4nn(-c5ccc(F)cc5)c5c4CCCC5)CC3)ncnc21. The number of nitrogens with zero attached hydrogens (tertiary/aromatic N) is 8. The van der Waals surface area contributed by atoms with Crippen LogP contribution in [0.25, 0.3) is 16.7 Å². The molecule has 1 amide bonds. The summed E-state index contributed by atoms with van der Waals surface area (Å²) in [7, 11) is 1.86. The van der Waals surface area contributed by atoms with Crippen LogP contribution in [0, 0.1) is 5.82 Å². The molecule has 0 N–H and O–H groups in total. The van der Waals surface area contributed by atoms with Crippen molar-refractivity contribution in [1.82, 2.24) is 34.4 Å². The lowest BCUT2D eigenvalue weighted by molar-refractivity contribution is 0.0739. The number of anilines is 1. The van der Waals surface area contributed by atoms with Gasteiger partial charge in [-0.25, -0.2) is 19.0 Å². The van der Waals surface area contributed by atoms with Gasteiger partial charge in [0.1, 0.15) is 18.0 Å². The normalized spacial score (nSPS) is 16.2. The fourth-order valence-electron chi connectivity index (χ4n) is 5.04. The van der Waals surface area contributed by atoms with E-state index in [0.29, 0.717) is 31.9 Å². The average molecular weight is 461 g/mol. The summed E-state index contributed by atoms with van der Waals surface area (Å²) in [6.07, 6.45) is 7.17. The minimum absolute atomic E-state index is 0.0344. The lowest BCUT2D eigenvalue weighted by Crippen LogP contribution is -2.49. The molecule has 1 aliphatic heterocycles. The fraction of sp³-hybridized carbons (Fsp3) is 0.375. The van der Waals surface area contributed by atoms with Crippen molar-refractivity contribution in [3.05, 3.63) is 59.6 Å². The molecule has 0 spiro atoms. The summed E-state index contributed by atoms with van der Waals surface area (Å²) in [6.45, 7) is 2.52. The van der Waals surface area contributed by atoms with Crippen LogP contribution >= 0.6 is 0 Å². The molecular formula is C24H25FN8O. The van der Waals surface area contributed by atoms with Crippen LogP contribution in [-0.2, 0) is 19.9 Å². The zero-order valence-electron chi connectivity index (χ0n) is 19.0. The Balaban J connectivity index is 1.25. The van der Waals surface area contributed by atoms with Gasteiger partial charge in [0.25, 0.3) is 5.91 Å². The van der Waals surface area contributed by atoms with Gasteiger partial charge in [-0.2, -0.15) is 10.2 Å². The molecule has 0 saturated carbocycles. The van der Waals surface area contributed by atoms with E-state index in [2.05, 4.69) is 20.0 Å². The second kappa shape index (κ2) is 8.19. The van der Waals surface area contributed by atoms with Crippen molar-refractivity contribution in [2.75, 3.05) is 31.1 Å². The smallest absolute Gasteiger partial charge is 0.274 e. The molecule has 34 heavy (non-hydrogen) atoms. The Hall–Kier alpha value is -3.82. The molecule has 1 saturated heterocycles. The highest BCUT2D eigenvalue weighted by atomic mass is 19.1. The van der Waals surface area contributed by atoms with Gasteiger partial charge in [-0.15, -0.1) is 0 Å². The first kappa shape index (κ1) is 20.8. The fourth-order valence-corrected chi connectivity index (χ4v) is 5.04. The van der Waals surface area contributed by atoms with E-state index >= 15 is 0 Å². The first-order valence-corrected chi connectivity index (χ1v) is 11.6. The maximum atomic E-state index is 13.6. The van der Waals surface area contributed by atoms with Gasteiger partial charge in [0.2, 0.25) is 0 Å². The number of halogens is 1. The van der Waals surface area contributed by atoms with E-state index in [1.54, 1.807) is 29.3 Å². The quantitative estimate of drug-likeness (QED) is 0.467. The third-order valence-electron chi connectivity index (χ3n) is 6.83. The topological polar surface area (TPSA) is 85.0 Å². The molecule has 4 heterocycles. The number of aromatic nitrogens is 6. The standard InChI is InChI=1S/C24H25FN8O/c1-30-22-19(14-28-30)23(27-15-26-22)31-10-12-32(13-11-31)24(34)21-18-4-2-3-5-20(18)33(29-21)17-8-6-16(25)7-9-17/h6-9,14-15H,2-5,10-13H2,1H3. The third-order valence-corrected chi connectivity index (χ3v) is 6.83. The van der Waals surface area contributed by atoms with Gasteiger partial charge in [0.15, 0.2) is 11.3 Å². The molecule has 0 bridgehead atoms. The molecule has 174 valence electrons. The lowest BCUT2D eigenvalue weighted by Gasteiger charge is -2.35. The number of hydrogen-bond acceptors (Lipinski definition) is 6. The minimum Gasteiger partial charge on any atom is -0.352 e. The number of carbonyl (C=O) groups excluding carboxylic acids is 1. The van der Waals surface area contributed by atoms with E-state index in [4.69, 9.17) is 5.10 Å². The zero-order chi connectivity index (χ0) is 23.2. The summed E-state index contributed by atoms with van der Waals surface area (Å²) in [5, 5.41) is 9.96. The molecular weight excluding hydrogens is 435 g/mol. The van der Waals surface area contributed by atoms with Crippen LogP contribution in [0.2, 0.25) is 0 Å². The van der Waals surface area contributed by atoms with Crippen LogP contribution in [-0.4, -0.2) is 66.5 Å². The van der Waals surface area contributed by atoms with Crippen LogP contribution < -0.4 is 4.90 Å². The van der Waals surface area contributed by atoms with Crippen molar-refractivity contribution in [2.45, 2.75) is 25.7 Å². The molecule has 0 atom stereocenters. The van der Waals surface area contributed by atoms with Crippen LogP contribution in [0.1, 0.15) is 34.6 Å². The number of amides is 1. The maximum Gasteiger partial charge on any atom is 0.274 e. The Labute approximate surface area is 195 Å². The Bertz CT molecular complexity index is 1370. The van der Waals surface area contributed by atoms with Gasteiger partial charge in [0, 0.05) is 44.5 Å². The van der Waals surface area contributed by atoms with Gasteiger partial charge in [-0.3, -0.25) is 9.48 Å². The second-order valence-electron chi connectivity index (χ2n) is 8.85. The Morgan fingerprint density at radius 3 is 2.56 bits per heavy atom. The van der Waals surface area contributed by atoms with Crippen LogP contribution in [0.4, 0.5) is 10.2 Å². The van der Waals surface area contributed by atoms with E-state index in [0.717, 1.165) is 59.5 Å².